The highest BCUT2D eigenvalue weighted by atomic mass is 32.2. The maximum absolute atomic E-state index is 13.7. The summed E-state index contributed by atoms with van der Waals surface area (Å²) in [6.07, 6.45) is 0. The van der Waals surface area contributed by atoms with Gasteiger partial charge >= 0.3 is 0 Å². The van der Waals surface area contributed by atoms with Gasteiger partial charge in [-0.1, -0.05) is 103 Å². The molecule has 5 aromatic rings. The molecule has 0 aliphatic carbocycles. The van der Waals surface area contributed by atoms with Gasteiger partial charge in [0.15, 0.2) is 11.3 Å². The molecule has 4 aromatic carbocycles. The number of nitrogens with one attached hydrogen (secondary N) is 1. The Bertz CT molecular complexity index is 1630. The van der Waals surface area contributed by atoms with Crippen molar-refractivity contribution in [2.24, 2.45) is 5.10 Å². The monoisotopic (exact) mass is 561 g/mol. The number of anilines is 1. The molecule has 0 atom stereocenters. The molecule has 0 spiro atoms. The molecule has 1 aliphatic heterocycles. The third-order valence-corrected chi connectivity index (χ3v) is 7.46. The standard InChI is InChI=1S/C32H27N5O3S/c38-29(21-41-32-33-26-16-8-10-18-28(26)40-32)34-35-30-25-15-7-9-17-27(25)37(31(30)39)22-36(19-23-11-3-1-4-12-23)20-24-13-5-2-6-14-24/h1-18H,19-22H2,(H,34,38)/b35-30-. The first-order valence-corrected chi connectivity index (χ1v) is 14.2. The van der Waals surface area contributed by atoms with E-state index in [1.807, 2.05) is 84.9 Å². The van der Waals surface area contributed by atoms with Crippen LogP contribution in [0, 0.1) is 0 Å². The summed E-state index contributed by atoms with van der Waals surface area (Å²) in [4.78, 5) is 34.6. The average molecular weight is 562 g/mol. The molecule has 0 bridgehead atoms. The minimum atomic E-state index is -0.358. The number of para-hydroxylation sites is 3. The maximum Gasteiger partial charge on any atom is 0.280 e. The summed E-state index contributed by atoms with van der Waals surface area (Å²) in [6, 6.07) is 35.3. The van der Waals surface area contributed by atoms with Crippen LogP contribution in [0.5, 0.6) is 0 Å². The van der Waals surface area contributed by atoms with E-state index >= 15 is 0 Å². The van der Waals surface area contributed by atoms with Gasteiger partial charge in [0, 0.05) is 18.7 Å². The van der Waals surface area contributed by atoms with Crippen molar-refractivity contribution >= 4 is 46.1 Å². The van der Waals surface area contributed by atoms with E-state index in [-0.39, 0.29) is 23.3 Å². The number of fused-ring (bicyclic) bond motifs is 2. The van der Waals surface area contributed by atoms with Crippen LogP contribution in [0.1, 0.15) is 16.7 Å². The highest BCUT2D eigenvalue weighted by molar-refractivity contribution is 7.99. The van der Waals surface area contributed by atoms with Crippen molar-refractivity contribution in [1.82, 2.24) is 15.3 Å². The zero-order valence-electron chi connectivity index (χ0n) is 22.1. The lowest BCUT2D eigenvalue weighted by atomic mass is 10.1. The van der Waals surface area contributed by atoms with Crippen molar-refractivity contribution in [2.45, 2.75) is 18.3 Å². The number of carbonyl (C=O) groups is 2. The molecule has 2 heterocycles. The number of carbonyl (C=O) groups excluding carboxylic acids is 2. The number of hydrogen-bond donors (Lipinski definition) is 1. The molecule has 1 aromatic heterocycles. The summed E-state index contributed by atoms with van der Waals surface area (Å²) in [5.74, 6) is -0.571. The first-order valence-electron chi connectivity index (χ1n) is 13.2. The van der Waals surface area contributed by atoms with Crippen LogP contribution < -0.4 is 10.3 Å². The Labute approximate surface area is 241 Å². The molecule has 1 aliphatic rings. The molecule has 8 nitrogen and oxygen atoms in total. The van der Waals surface area contributed by atoms with E-state index in [4.69, 9.17) is 4.42 Å². The van der Waals surface area contributed by atoms with Gasteiger partial charge < -0.3 is 4.42 Å². The number of rotatable bonds is 10. The minimum absolute atomic E-state index is 0.0467. The van der Waals surface area contributed by atoms with Crippen LogP contribution in [0.3, 0.4) is 0 Å². The Morgan fingerprint density at radius 3 is 2.20 bits per heavy atom. The fraction of sp³-hybridized carbons (Fsp3) is 0.125. The number of thioether (sulfide) groups is 1. The fourth-order valence-electron chi connectivity index (χ4n) is 4.74. The zero-order valence-corrected chi connectivity index (χ0v) is 23.0. The Kier molecular flexibility index (Phi) is 7.88. The summed E-state index contributed by atoms with van der Waals surface area (Å²) >= 11 is 1.17. The molecule has 0 unspecified atom stereocenters. The second-order valence-corrected chi connectivity index (χ2v) is 10.5. The predicted molar refractivity (Wildman–Crippen MR) is 160 cm³/mol. The van der Waals surface area contributed by atoms with Crippen LogP contribution in [0.2, 0.25) is 0 Å². The molecule has 6 rings (SSSR count). The fourth-order valence-corrected chi connectivity index (χ4v) is 5.37. The summed E-state index contributed by atoms with van der Waals surface area (Å²) in [5, 5.41) is 4.67. The number of benzene rings is 4. The van der Waals surface area contributed by atoms with Gasteiger partial charge in [-0.15, -0.1) is 0 Å². The summed E-state index contributed by atoms with van der Waals surface area (Å²) in [6.45, 7) is 1.69. The number of aromatic nitrogens is 1. The van der Waals surface area contributed by atoms with Crippen LogP contribution in [-0.2, 0) is 22.7 Å². The van der Waals surface area contributed by atoms with Crippen molar-refractivity contribution in [1.29, 1.82) is 0 Å². The SMILES string of the molecule is O=C(CSc1nc2ccccc2o1)N/N=C1\C(=O)N(CN(Cc2ccccc2)Cc2ccccc2)c2ccccc21. The van der Waals surface area contributed by atoms with Crippen LogP contribution in [0.25, 0.3) is 11.1 Å². The Morgan fingerprint density at radius 1 is 0.854 bits per heavy atom. The molecule has 9 heteroatoms. The van der Waals surface area contributed by atoms with E-state index in [0.29, 0.717) is 36.1 Å². The molecule has 204 valence electrons. The van der Waals surface area contributed by atoms with Gasteiger partial charge in [0.1, 0.15) is 5.52 Å². The van der Waals surface area contributed by atoms with Gasteiger partial charge in [0.2, 0.25) is 0 Å². The maximum atomic E-state index is 13.7. The zero-order chi connectivity index (χ0) is 28.0. The number of amides is 2. The van der Waals surface area contributed by atoms with Gasteiger partial charge in [-0.3, -0.25) is 19.4 Å². The molecular weight excluding hydrogens is 534 g/mol. The second kappa shape index (κ2) is 12.2. The smallest absolute Gasteiger partial charge is 0.280 e. The van der Waals surface area contributed by atoms with Gasteiger partial charge in [0.25, 0.3) is 17.0 Å². The van der Waals surface area contributed by atoms with E-state index in [2.05, 4.69) is 44.7 Å². The molecule has 0 saturated heterocycles. The number of hydrogen-bond acceptors (Lipinski definition) is 7. The molecule has 41 heavy (non-hydrogen) atoms. The minimum Gasteiger partial charge on any atom is -0.431 e. The van der Waals surface area contributed by atoms with Crippen molar-refractivity contribution < 1.29 is 14.0 Å². The van der Waals surface area contributed by atoms with Gasteiger partial charge in [-0.2, -0.15) is 5.10 Å². The highest BCUT2D eigenvalue weighted by Gasteiger charge is 2.35. The molecule has 2 amide bonds. The van der Waals surface area contributed by atoms with Crippen LogP contribution in [0.15, 0.2) is 124 Å². The molecule has 0 radical (unpaired) electrons. The van der Waals surface area contributed by atoms with Crippen molar-refractivity contribution in [2.75, 3.05) is 17.3 Å². The summed E-state index contributed by atoms with van der Waals surface area (Å²) in [5.41, 5.74) is 7.91. The van der Waals surface area contributed by atoms with Crippen molar-refractivity contribution in [3.8, 4) is 0 Å². The highest BCUT2D eigenvalue weighted by Crippen LogP contribution is 2.30. The summed E-state index contributed by atoms with van der Waals surface area (Å²) < 4.78 is 5.67. The molecular formula is C32H27N5O3S. The lowest BCUT2D eigenvalue weighted by Crippen LogP contribution is -2.41. The van der Waals surface area contributed by atoms with E-state index in [9.17, 15) is 9.59 Å². The first kappa shape index (κ1) is 26.5. The van der Waals surface area contributed by atoms with Crippen molar-refractivity contribution in [3.63, 3.8) is 0 Å². The predicted octanol–water partition coefficient (Wildman–Crippen LogP) is 5.45. The lowest BCUT2D eigenvalue weighted by Gasteiger charge is -2.28. The number of oxazole rings is 1. The quantitative estimate of drug-likeness (QED) is 0.180. The number of hydrazone groups is 1. The third-order valence-electron chi connectivity index (χ3n) is 6.63. The molecule has 0 fully saturated rings. The Morgan fingerprint density at radius 2 is 1.49 bits per heavy atom. The van der Waals surface area contributed by atoms with Crippen LogP contribution >= 0.6 is 11.8 Å². The normalized spacial score (nSPS) is 13.7. The lowest BCUT2D eigenvalue weighted by molar-refractivity contribution is -0.118. The third kappa shape index (κ3) is 6.21. The molecule has 0 saturated carbocycles. The topological polar surface area (TPSA) is 91.0 Å². The molecule has 1 N–H and O–H groups in total. The first-order chi connectivity index (χ1) is 20.1. The average Bonchev–Trinajstić information content (AvgIpc) is 3.54. The van der Waals surface area contributed by atoms with Crippen LogP contribution in [0.4, 0.5) is 5.69 Å². The second-order valence-electron chi connectivity index (χ2n) is 9.58. The van der Waals surface area contributed by atoms with Gasteiger partial charge in [0.05, 0.1) is 18.1 Å². The Hall–Kier alpha value is -4.73. The Balaban J connectivity index is 1.17. The largest absolute Gasteiger partial charge is 0.431 e. The van der Waals surface area contributed by atoms with E-state index in [1.165, 1.54) is 11.8 Å². The summed E-state index contributed by atoms with van der Waals surface area (Å²) in [7, 11) is 0. The van der Waals surface area contributed by atoms with E-state index in [0.717, 1.165) is 22.3 Å². The van der Waals surface area contributed by atoms with E-state index in [1.54, 1.807) is 4.90 Å². The van der Waals surface area contributed by atoms with Crippen molar-refractivity contribution in [3.05, 3.63) is 126 Å². The van der Waals surface area contributed by atoms with Crippen LogP contribution in [-0.4, -0.2) is 39.8 Å². The van der Waals surface area contributed by atoms with E-state index < -0.39 is 0 Å². The van der Waals surface area contributed by atoms with Gasteiger partial charge in [-0.05, 0) is 29.3 Å². The number of nitrogens with zero attached hydrogens (tertiary/aromatic N) is 4. The van der Waals surface area contributed by atoms with Gasteiger partial charge in [-0.25, -0.2) is 10.4 Å².